The van der Waals surface area contributed by atoms with Crippen LogP contribution in [0.1, 0.15) is 56.8 Å². The van der Waals surface area contributed by atoms with Crippen molar-refractivity contribution in [2.24, 2.45) is 0 Å². The van der Waals surface area contributed by atoms with Gasteiger partial charge in [-0.2, -0.15) is 0 Å². The minimum atomic E-state index is -0.429. The standard InChI is InChI=1S/C16H24O/c1-4-6-8-14(7-5-2)16(17)15-11-9-13(3)10-12-15/h8-12,16-17H,4-7H2,1-3H3/b14-8+. The normalized spacial score (nSPS) is 13.8. The first-order chi connectivity index (χ1) is 8.19. The molecule has 0 radical (unpaired) electrons. The summed E-state index contributed by atoms with van der Waals surface area (Å²) in [6, 6.07) is 8.16. The molecule has 1 atom stereocenters. The molecule has 17 heavy (non-hydrogen) atoms. The summed E-state index contributed by atoms with van der Waals surface area (Å²) in [5.74, 6) is 0. The van der Waals surface area contributed by atoms with Crippen LogP contribution >= 0.6 is 0 Å². The fourth-order valence-electron chi connectivity index (χ4n) is 1.93. The number of hydrogen-bond donors (Lipinski definition) is 1. The number of allylic oxidation sites excluding steroid dienone is 1. The molecule has 1 heteroatoms. The van der Waals surface area contributed by atoms with E-state index in [4.69, 9.17) is 0 Å². The van der Waals surface area contributed by atoms with Crippen molar-refractivity contribution < 1.29 is 5.11 Å². The zero-order chi connectivity index (χ0) is 12.7. The molecule has 0 aromatic heterocycles. The molecule has 0 aliphatic rings. The second kappa shape index (κ2) is 7.29. The minimum absolute atomic E-state index is 0.429. The van der Waals surface area contributed by atoms with Gasteiger partial charge in [0.25, 0.3) is 0 Å². The Balaban J connectivity index is 2.83. The number of aliphatic hydroxyl groups is 1. The van der Waals surface area contributed by atoms with Crippen molar-refractivity contribution in [3.05, 3.63) is 47.0 Å². The SMILES string of the molecule is CCC/C=C(\CCC)C(O)c1ccc(C)cc1. The van der Waals surface area contributed by atoms with Crippen molar-refractivity contribution in [3.8, 4) is 0 Å². The third-order valence-electron chi connectivity index (χ3n) is 2.98. The average molecular weight is 232 g/mol. The summed E-state index contributed by atoms with van der Waals surface area (Å²) in [5.41, 5.74) is 3.40. The molecule has 0 heterocycles. The Morgan fingerprint density at radius 2 is 1.82 bits per heavy atom. The average Bonchev–Trinajstić information content (AvgIpc) is 2.34. The van der Waals surface area contributed by atoms with E-state index in [1.54, 1.807) is 0 Å². The van der Waals surface area contributed by atoms with E-state index in [-0.39, 0.29) is 0 Å². The van der Waals surface area contributed by atoms with Crippen LogP contribution in [0, 0.1) is 6.92 Å². The number of aliphatic hydroxyl groups excluding tert-OH is 1. The highest BCUT2D eigenvalue weighted by molar-refractivity contribution is 5.28. The van der Waals surface area contributed by atoms with Gasteiger partial charge >= 0.3 is 0 Å². The Labute approximate surface area is 105 Å². The van der Waals surface area contributed by atoms with E-state index in [1.807, 2.05) is 12.1 Å². The lowest BCUT2D eigenvalue weighted by Crippen LogP contribution is -2.02. The number of aryl methyl sites for hydroxylation is 1. The number of hydrogen-bond acceptors (Lipinski definition) is 1. The highest BCUT2D eigenvalue weighted by atomic mass is 16.3. The fraction of sp³-hybridized carbons (Fsp3) is 0.500. The highest BCUT2D eigenvalue weighted by Crippen LogP contribution is 2.26. The molecule has 0 fully saturated rings. The quantitative estimate of drug-likeness (QED) is 0.713. The third-order valence-corrected chi connectivity index (χ3v) is 2.98. The molecular formula is C16H24O. The maximum Gasteiger partial charge on any atom is 0.100 e. The van der Waals surface area contributed by atoms with E-state index in [9.17, 15) is 5.11 Å². The van der Waals surface area contributed by atoms with E-state index in [0.717, 1.165) is 31.2 Å². The van der Waals surface area contributed by atoms with Crippen molar-refractivity contribution in [3.63, 3.8) is 0 Å². The van der Waals surface area contributed by atoms with E-state index >= 15 is 0 Å². The summed E-state index contributed by atoms with van der Waals surface area (Å²) in [6.45, 7) is 6.38. The van der Waals surface area contributed by atoms with E-state index in [2.05, 4.69) is 39.0 Å². The van der Waals surface area contributed by atoms with Crippen molar-refractivity contribution in [1.82, 2.24) is 0 Å². The van der Waals surface area contributed by atoms with Crippen LogP contribution in [0.25, 0.3) is 0 Å². The van der Waals surface area contributed by atoms with Crippen LogP contribution < -0.4 is 0 Å². The summed E-state index contributed by atoms with van der Waals surface area (Å²) in [5, 5.41) is 10.4. The van der Waals surface area contributed by atoms with Crippen molar-refractivity contribution in [2.45, 2.75) is 52.6 Å². The van der Waals surface area contributed by atoms with Crippen molar-refractivity contribution in [2.75, 3.05) is 0 Å². The predicted molar refractivity (Wildman–Crippen MR) is 74.0 cm³/mol. The van der Waals surface area contributed by atoms with Crippen molar-refractivity contribution in [1.29, 1.82) is 0 Å². The van der Waals surface area contributed by atoms with E-state index < -0.39 is 6.10 Å². The first kappa shape index (κ1) is 14.0. The summed E-state index contributed by atoms with van der Waals surface area (Å²) < 4.78 is 0. The first-order valence-corrected chi connectivity index (χ1v) is 6.62. The van der Waals surface area contributed by atoms with Crippen LogP contribution in [-0.4, -0.2) is 5.11 Å². The molecule has 1 unspecified atom stereocenters. The van der Waals surface area contributed by atoms with Crippen LogP contribution in [0.5, 0.6) is 0 Å². The summed E-state index contributed by atoms with van der Waals surface area (Å²) in [7, 11) is 0. The van der Waals surface area contributed by atoms with Gasteiger partial charge in [0.05, 0.1) is 0 Å². The van der Waals surface area contributed by atoms with Crippen LogP contribution in [0.2, 0.25) is 0 Å². The Kier molecular flexibility index (Phi) is 5.99. The molecule has 1 N–H and O–H groups in total. The molecule has 0 amide bonds. The Bertz CT molecular complexity index is 348. The van der Waals surface area contributed by atoms with Gasteiger partial charge in [-0.3, -0.25) is 0 Å². The van der Waals surface area contributed by atoms with Gasteiger partial charge in [-0.05, 0) is 30.9 Å². The largest absolute Gasteiger partial charge is 0.384 e. The van der Waals surface area contributed by atoms with Crippen LogP contribution in [0.4, 0.5) is 0 Å². The van der Waals surface area contributed by atoms with Crippen LogP contribution in [0.3, 0.4) is 0 Å². The minimum Gasteiger partial charge on any atom is -0.384 e. The van der Waals surface area contributed by atoms with Gasteiger partial charge in [0.1, 0.15) is 6.10 Å². The number of benzene rings is 1. The number of rotatable bonds is 6. The van der Waals surface area contributed by atoms with Gasteiger partial charge < -0.3 is 5.11 Å². The van der Waals surface area contributed by atoms with Crippen LogP contribution in [-0.2, 0) is 0 Å². The zero-order valence-electron chi connectivity index (χ0n) is 11.2. The second-order valence-corrected chi connectivity index (χ2v) is 4.63. The van der Waals surface area contributed by atoms with Gasteiger partial charge in [-0.15, -0.1) is 0 Å². The van der Waals surface area contributed by atoms with E-state index in [0.29, 0.717) is 0 Å². The Hall–Kier alpha value is -1.08. The maximum atomic E-state index is 10.4. The maximum absolute atomic E-state index is 10.4. The molecule has 1 rings (SSSR count). The second-order valence-electron chi connectivity index (χ2n) is 4.63. The van der Waals surface area contributed by atoms with Crippen molar-refractivity contribution >= 4 is 0 Å². The van der Waals surface area contributed by atoms with Gasteiger partial charge in [0.15, 0.2) is 0 Å². The molecule has 0 aliphatic carbocycles. The van der Waals surface area contributed by atoms with Gasteiger partial charge in [0.2, 0.25) is 0 Å². The Morgan fingerprint density at radius 1 is 1.18 bits per heavy atom. The first-order valence-electron chi connectivity index (χ1n) is 6.62. The Morgan fingerprint density at radius 3 is 2.35 bits per heavy atom. The molecule has 1 nitrogen and oxygen atoms in total. The summed E-state index contributed by atoms with van der Waals surface area (Å²) >= 11 is 0. The molecule has 1 aromatic rings. The lowest BCUT2D eigenvalue weighted by molar-refractivity contribution is 0.210. The molecular weight excluding hydrogens is 208 g/mol. The molecule has 1 aromatic carbocycles. The van der Waals surface area contributed by atoms with Crippen LogP contribution in [0.15, 0.2) is 35.9 Å². The fourth-order valence-corrected chi connectivity index (χ4v) is 1.93. The topological polar surface area (TPSA) is 20.2 Å². The lowest BCUT2D eigenvalue weighted by Gasteiger charge is -2.15. The predicted octanol–water partition coefficient (Wildman–Crippen LogP) is 4.56. The van der Waals surface area contributed by atoms with Gasteiger partial charge in [0, 0.05) is 0 Å². The lowest BCUT2D eigenvalue weighted by atomic mass is 9.96. The number of unbranched alkanes of at least 4 members (excludes halogenated alkanes) is 1. The smallest absolute Gasteiger partial charge is 0.100 e. The highest BCUT2D eigenvalue weighted by Gasteiger charge is 2.11. The van der Waals surface area contributed by atoms with Gasteiger partial charge in [-0.25, -0.2) is 0 Å². The zero-order valence-corrected chi connectivity index (χ0v) is 11.2. The molecule has 0 saturated heterocycles. The van der Waals surface area contributed by atoms with E-state index in [1.165, 1.54) is 11.1 Å². The monoisotopic (exact) mass is 232 g/mol. The molecule has 0 saturated carbocycles. The molecule has 0 aliphatic heterocycles. The summed E-state index contributed by atoms with van der Waals surface area (Å²) in [6.07, 6.45) is 6.02. The molecule has 94 valence electrons. The third kappa shape index (κ3) is 4.35. The summed E-state index contributed by atoms with van der Waals surface area (Å²) in [4.78, 5) is 0. The van der Waals surface area contributed by atoms with Gasteiger partial charge in [-0.1, -0.05) is 62.6 Å². The molecule has 0 spiro atoms. The molecule has 0 bridgehead atoms.